The van der Waals surface area contributed by atoms with Crippen molar-refractivity contribution in [2.75, 3.05) is 20.2 Å². The van der Waals surface area contributed by atoms with E-state index >= 15 is 0 Å². The van der Waals surface area contributed by atoms with Crippen molar-refractivity contribution in [2.45, 2.75) is 5.60 Å². The fourth-order valence-corrected chi connectivity index (χ4v) is 1.60. The van der Waals surface area contributed by atoms with Crippen LogP contribution in [0.2, 0.25) is 0 Å². The number of hydrogen-bond donors (Lipinski definition) is 1. The number of aryl methyl sites for hydroxylation is 1. The Labute approximate surface area is 71.5 Å². The average Bonchev–Trinajstić information content (AvgIpc) is 2.36. The molecule has 1 aliphatic rings. The Balaban J connectivity index is 2.33. The van der Waals surface area contributed by atoms with Gasteiger partial charge in [-0.2, -0.15) is 5.10 Å². The van der Waals surface area contributed by atoms with Gasteiger partial charge in [-0.1, -0.05) is 0 Å². The van der Waals surface area contributed by atoms with Crippen LogP contribution in [-0.2, 0) is 17.4 Å². The number of rotatable bonds is 2. The van der Waals surface area contributed by atoms with Gasteiger partial charge in [-0.25, -0.2) is 0 Å². The molecule has 0 aromatic carbocycles. The van der Waals surface area contributed by atoms with Crippen molar-refractivity contribution in [1.82, 2.24) is 15.1 Å². The predicted molar refractivity (Wildman–Crippen MR) is 44.8 cm³/mol. The molecule has 0 aliphatic carbocycles. The highest BCUT2D eigenvalue weighted by molar-refractivity contribution is 5.17. The summed E-state index contributed by atoms with van der Waals surface area (Å²) in [6.07, 6.45) is 1.80. The molecule has 2 rings (SSSR count). The van der Waals surface area contributed by atoms with Crippen molar-refractivity contribution in [3.05, 3.63) is 18.0 Å². The number of ether oxygens (including phenoxy) is 1. The van der Waals surface area contributed by atoms with Gasteiger partial charge in [0.2, 0.25) is 0 Å². The Morgan fingerprint density at radius 3 is 2.75 bits per heavy atom. The summed E-state index contributed by atoms with van der Waals surface area (Å²) in [5.74, 6) is 0. The molecule has 1 saturated heterocycles. The topological polar surface area (TPSA) is 39.1 Å². The maximum atomic E-state index is 5.48. The second kappa shape index (κ2) is 2.57. The van der Waals surface area contributed by atoms with Crippen LogP contribution in [0.5, 0.6) is 0 Å². The van der Waals surface area contributed by atoms with E-state index in [0.717, 1.165) is 18.8 Å². The van der Waals surface area contributed by atoms with E-state index in [9.17, 15) is 0 Å². The Hall–Kier alpha value is -0.870. The molecule has 4 nitrogen and oxygen atoms in total. The van der Waals surface area contributed by atoms with Gasteiger partial charge in [0.25, 0.3) is 0 Å². The first-order valence-electron chi connectivity index (χ1n) is 4.03. The maximum Gasteiger partial charge on any atom is 0.134 e. The highest BCUT2D eigenvalue weighted by Gasteiger charge is 2.40. The molecule has 0 atom stereocenters. The molecule has 0 unspecified atom stereocenters. The Bertz CT molecular complexity index is 272. The quantitative estimate of drug-likeness (QED) is 0.666. The largest absolute Gasteiger partial charge is 0.369 e. The zero-order valence-corrected chi connectivity index (χ0v) is 7.37. The van der Waals surface area contributed by atoms with Crippen LogP contribution < -0.4 is 5.32 Å². The predicted octanol–water partition coefficient (Wildman–Crippen LogP) is -0.135. The lowest BCUT2D eigenvalue weighted by Gasteiger charge is -2.41. The lowest BCUT2D eigenvalue weighted by Crippen LogP contribution is -2.58. The number of methoxy groups -OCH3 is 1. The highest BCUT2D eigenvalue weighted by Crippen LogP contribution is 2.28. The number of hydrogen-bond acceptors (Lipinski definition) is 3. The minimum absolute atomic E-state index is 0.134. The lowest BCUT2D eigenvalue weighted by molar-refractivity contribution is -0.0624. The van der Waals surface area contributed by atoms with Crippen LogP contribution in [0.25, 0.3) is 0 Å². The Morgan fingerprint density at radius 2 is 2.42 bits per heavy atom. The SMILES string of the molecule is COC1(c2ccnn2C)CNC1. The highest BCUT2D eigenvalue weighted by atomic mass is 16.5. The normalized spacial score (nSPS) is 20.5. The molecule has 0 amide bonds. The summed E-state index contributed by atoms with van der Waals surface area (Å²) in [5, 5.41) is 7.32. The van der Waals surface area contributed by atoms with E-state index in [1.165, 1.54) is 0 Å². The van der Waals surface area contributed by atoms with Crippen LogP contribution >= 0.6 is 0 Å². The average molecular weight is 167 g/mol. The molecule has 0 spiro atoms. The summed E-state index contributed by atoms with van der Waals surface area (Å²) in [6, 6.07) is 2.00. The molecule has 12 heavy (non-hydrogen) atoms. The van der Waals surface area contributed by atoms with Gasteiger partial charge in [0.15, 0.2) is 0 Å². The van der Waals surface area contributed by atoms with Crippen LogP contribution in [0.15, 0.2) is 12.3 Å². The third-order valence-corrected chi connectivity index (χ3v) is 2.50. The first kappa shape index (κ1) is 7.76. The second-order valence-electron chi connectivity index (χ2n) is 3.14. The molecule has 0 saturated carbocycles. The van der Waals surface area contributed by atoms with E-state index in [1.807, 2.05) is 17.8 Å². The van der Waals surface area contributed by atoms with E-state index in [2.05, 4.69) is 10.4 Å². The van der Waals surface area contributed by atoms with Gasteiger partial charge in [0, 0.05) is 33.4 Å². The summed E-state index contributed by atoms with van der Waals surface area (Å²) in [5.41, 5.74) is 1.01. The molecule has 0 bridgehead atoms. The van der Waals surface area contributed by atoms with Crippen LogP contribution in [0.3, 0.4) is 0 Å². The molecule has 0 radical (unpaired) electrons. The zero-order chi connectivity index (χ0) is 8.60. The molecule has 2 heterocycles. The molecule has 1 aromatic heterocycles. The van der Waals surface area contributed by atoms with Crippen molar-refractivity contribution in [2.24, 2.45) is 7.05 Å². The van der Waals surface area contributed by atoms with Crippen LogP contribution in [-0.4, -0.2) is 30.0 Å². The molecule has 66 valence electrons. The summed E-state index contributed by atoms with van der Waals surface area (Å²) >= 11 is 0. The fourth-order valence-electron chi connectivity index (χ4n) is 1.60. The molecule has 1 N–H and O–H groups in total. The van der Waals surface area contributed by atoms with Gasteiger partial charge in [-0.3, -0.25) is 4.68 Å². The summed E-state index contributed by atoms with van der Waals surface area (Å²) in [6.45, 7) is 1.76. The van der Waals surface area contributed by atoms with Gasteiger partial charge in [-0.15, -0.1) is 0 Å². The molecular weight excluding hydrogens is 154 g/mol. The maximum absolute atomic E-state index is 5.48. The molecule has 4 heteroatoms. The van der Waals surface area contributed by atoms with Gasteiger partial charge >= 0.3 is 0 Å². The van der Waals surface area contributed by atoms with E-state index in [-0.39, 0.29) is 5.60 Å². The molecular formula is C8H13N3O. The van der Waals surface area contributed by atoms with Crippen LogP contribution in [0, 0.1) is 0 Å². The number of nitrogens with one attached hydrogen (secondary N) is 1. The van der Waals surface area contributed by atoms with E-state index in [0.29, 0.717) is 0 Å². The molecule has 1 aliphatic heterocycles. The van der Waals surface area contributed by atoms with Crippen molar-refractivity contribution in [1.29, 1.82) is 0 Å². The number of nitrogens with zero attached hydrogens (tertiary/aromatic N) is 2. The van der Waals surface area contributed by atoms with E-state index in [4.69, 9.17) is 4.74 Å². The third kappa shape index (κ3) is 0.884. The van der Waals surface area contributed by atoms with Crippen molar-refractivity contribution in [3.63, 3.8) is 0 Å². The van der Waals surface area contributed by atoms with E-state index in [1.54, 1.807) is 13.3 Å². The Morgan fingerprint density at radius 1 is 1.67 bits per heavy atom. The van der Waals surface area contributed by atoms with Crippen molar-refractivity contribution in [3.8, 4) is 0 Å². The lowest BCUT2D eigenvalue weighted by atomic mass is 9.93. The molecule has 1 aromatic rings. The van der Waals surface area contributed by atoms with Crippen LogP contribution in [0.4, 0.5) is 0 Å². The van der Waals surface area contributed by atoms with Crippen molar-refractivity contribution >= 4 is 0 Å². The minimum Gasteiger partial charge on any atom is -0.369 e. The van der Waals surface area contributed by atoms with Crippen LogP contribution in [0.1, 0.15) is 5.69 Å². The smallest absolute Gasteiger partial charge is 0.134 e. The van der Waals surface area contributed by atoms with Crippen molar-refractivity contribution < 1.29 is 4.74 Å². The fraction of sp³-hybridized carbons (Fsp3) is 0.625. The first-order valence-corrected chi connectivity index (χ1v) is 4.03. The van der Waals surface area contributed by atoms with E-state index < -0.39 is 0 Å². The van der Waals surface area contributed by atoms with Gasteiger partial charge in [-0.05, 0) is 6.07 Å². The number of aromatic nitrogens is 2. The van der Waals surface area contributed by atoms with Gasteiger partial charge in [0.05, 0.1) is 5.69 Å². The third-order valence-electron chi connectivity index (χ3n) is 2.50. The summed E-state index contributed by atoms with van der Waals surface area (Å²) in [4.78, 5) is 0. The van der Waals surface area contributed by atoms with Gasteiger partial charge in [0.1, 0.15) is 5.60 Å². The summed E-state index contributed by atoms with van der Waals surface area (Å²) in [7, 11) is 3.68. The minimum atomic E-state index is -0.134. The standard InChI is InChI=1S/C8H13N3O/c1-11-7(3-4-10-11)8(12-2)5-9-6-8/h3-4,9H,5-6H2,1-2H3. The monoisotopic (exact) mass is 167 g/mol. The zero-order valence-electron chi connectivity index (χ0n) is 7.37. The van der Waals surface area contributed by atoms with Gasteiger partial charge < -0.3 is 10.1 Å². The second-order valence-corrected chi connectivity index (χ2v) is 3.14. The summed E-state index contributed by atoms with van der Waals surface area (Å²) < 4.78 is 7.34. The molecule has 1 fully saturated rings. The first-order chi connectivity index (χ1) is 5.78. The Kier molecular flexibility index (Phi) is 1.66.